The summed E-state index contributed by atoms with van der Waals surface area (Å²) in [5.74, 6) is -4.37. The lowest BCUT2D eigenvalue weighted by molar-refractivity contribution is -0.156. The molecule has 16 nitrogen and oxygen atoms in total. The second-order valence-corrected chi connectivity index (χ2v) is 19.3. The third kappa shape index (κ3) is 10.2. The first-order valence-electron chi connectivity index (χ1n) is 23.0. The number of fused-ring (bicyclic) bond motifs is 6. The number of carboxylic acids is 1. The Morgan fingerprint density at radius 1 is 1.01 bits per heavy atom. The van der Waals surface area contributed by atoms with Gasteiger partial charge >= 0.3 is 11.9 Å². The Bertz CT molecular complexity index is 2600. The summed E-state index contributed by atoms with van der Waals surface area (Å²) in [5.41, 5.74) is 7.00. The van der Waals surface area contributed by atoms with Crippen molar-refractivity contribution in [2.75, 3.05) is 33.3 Å². The number of aromatic hydroxyl groups is 1. The summed E-state index contributed by atoms with van der Waals surface area (Å²) in [6, 6.07) is 15.4. The molecule has 0 saturated carbocycles. The van der Waals surface area contributed by atoms with E-state index in [-0.39, 0.29) is 51.3 Å². The van der Waals surface area contributed by atoms with Gasteiger partial charge in [-0.3, -0.25) is 33.8 Å². The van der Waals surface area contributed by atoms with E-state index in [4.69, 9.17) is 4.74 Å². The highest BCUT2D eigenvalue weighted by molar-refractivity contribution is 5.97. The largest absolute Gasteiger partial charge is 0.508 e. The minimum atomic E-state index is -1.94. The molecule has 3 aromatic carbocycles. The highest BCUT2D eigenvalue weighted by Gasteiger charge is 2.48. The molecule has 1 aromatic heterocycles. The van der Waals surface area contributed by atoms with Crippen LogP contribution in [-0.2, 0) is 59.3 Å². The fourth-order valence-electron chi connectivity index (χ4n) is 9.91. The number of phenolic OH excluding ortho intramolecular Hbond substituents is 1. The number of amides is 4. The molecule has 67 heavy (non-hydrogen) atoms. The van der Waals surface area contributed by atoms with Crippen molar-refractivity contribution in [3.05, 3.63) is 90.0 Å². The van der Waals surface area contributed by atoms with Crippen LogP contribution in [0.25, 0.3) is 33.3 Å². The minimum Gasteiger partial charge on any atom is -0.508 e. The predicted molar refractivity (Wildman–Crippen MR) is 251 cm³/mol. The molecule has 7 rings (SSSR count). The van der Waals surface area contributed by atoms with Crippen LogP contribution >= 0.6 is 0 Å². The summed E-state index contributed by atoms with van der Waals surface area (Å²) in [4.78, 5) is 83.3. The first-order chi connectivity index (χ1) is 31.7. The molecule has 5 N–H and O–H groups in total. The van der Waals surface area contributed by atoms with E-state index in [1.54, 1.807) is 19.9 Å². The van der Waals surface area contributed by atoms with E-state index in [2.05, 4.69) is 34.9 Å². The Hall–Kier alpha value is -6.52. The Kier molecular flexibility index (Phi) is 14.0. The molecule has 0 radical (unpaired) electrons. The van der Waals surface area contributed by atoms with Crippen LogP contribution in [0.1, 0.15) is 70.6 Å². The van der Waals surface area contributed by atoms with Crippen LogP contribution < -0.4 is 10.7 Å². The number of aliphatic carboxylic acids is 1. The number of hydrogen-bond donors (Lipinski definition) is 5. The molecule has 0 aliphatic carbocycles. The molecular formula is C51H62N6O10. The zero-order valence-electron chi connectivity index (χ0n) is 39.1. The predicted octanol–water partition coefficient (Wildman–Crippen LogP) is 4.61. The third-order valence-electron chi connectivity index (χ3n) is 13.2. The average molecular weight is 919 g/mol. The van der Waals surface area contributed by atoms with Gasteiger partial charge in [0.15, 0.2) is 5.60 Å². The van der Waals surface area contributed by atoms with Crippen LogP contribution in [0.15, 0.2) is 73.3 Å². The molecule has 4 heterocycles. The lowest BCUT2D eigenvalue weighted by Crippen LogP contribution is -2.63. The van der Waals surface area contributed by atoms with Gasteiger partial charge in [0.1, 0.15) is 23.9 Å². The van der Waals surface area contributed by atoms with Gasteiger partial charge in [-0.2, -0.15) is 0 Å². The molecule has 6 bridgehead atoms. The van der Waals surface area contributed by atoms with Crippen LogP contribution in [0.3, 0.4) is 0 Å². The monoisotopic (exact) mass is 918 g/mol. The average Bonchev–Trinajstić information content (AvgIpc) is 3.84. The Morgan fingerprint density at radius 2 is 1.73 bits per heavy atom. The quantitative estimate of drug-likeness (QED) is 0.110. The number of nitrogens with one attached hydrogen (secondary N) is 2. The van der Waals surface area contributed by atoms with Crippen molar-refractivity contribution < 1.29 is 48.8 Å². The van der Waals surface area contributed by atoms with Crippen molar-refractivity contribution in [2.24, 2.45) is 11.3 Å². The van der Waals surface area contributed by atoms with Gasteiger partial charge in [0.05, 0.1) is 25.3 Å². The molecule has 4 atom stereocenters. The summed E-state index contributed by atoms with van der Waals surface area (Å²) in [5, 5.41) is 37.4. The number of nitrogens with zero attached hydrogens (tertiary/aromatic N) is 4. The van der Waals surface area contributed by atoms with E-state index < -0.39 is 70.6 Å². The summed E-state index contributed by atoms with van der Waals surface area (Å²) in [7, 11) is 1.41. The molecule has 356 valence electrons. The highest BCUT2D eigenvalue weighted by atomic mass is 16.5. The lowest BCUT2D eigenvalue weighted by Gasteiger charge is -2.37. The van der Waals surface area contributed by atoms with Crippen molar-refractivity contribution in [3.63, 3.8) is 0 Å². The smallest absolute Gasteiger partial charge is 0.324 e. The molecule has 2 fully saturated rings. The number of ether oxygens (including phenoxy) is 1. The SMILES string of the molecule is C=CC(=O)N1CCC(O)(C(=O)N(C)[C@H](C(=O)N[C@H]2Cc3cc(O)cc(c3)-c3ccc4c(c3)c(c(-c3ccc(CC(=O)O)cc3)n4CC)CC(C)(C)COC(=O)[C@@H]3CCCN(N3)C2=O)C(C)C)C1. The number of benzene rings is 3. The van der Waals surface area contributed by atoms with Gasteiger partial charge in [0.2, 0.25) is 11.8 Å². The number of cyclic esters (lactones) is 1. The number of rotatable bonds is 10. The van der Waals surface area contributed by atoms with E-state index in [1.807, 2.05) is 56.3 Å². The maximum absolute atomic E-state index is 14.7. The molecule has 4 amide bonds. The van der Waals surface area contributed by atoms with Crippen LogP contribution in [0, 0.1) is 11.3 Å². The maximum atomic E-state index is 14.7. The zero-order chi connectivity index (χ0) is 48.5. The number of carbonyl (C=O) groups excluding carboxylic acids is 5. The van der Waals surface area contributed by atoms with E-state index in [0.717, 1.165) is 39.4 Å². The van der Waals surface area contributed by atoms with Gasteiger partial charge in [0, 0.05) is 55.8 Å². The van der Waals surface area contributed by atoms with E-state index in [0.29, 0.717) is 42.5 Å². The van der Waals surface area contributed by atoms with Gasteiger partial charge in [-0.15, -0.1) is 0 Å². The van der Waals surface area contributed by atoms with Gasteiger partial charge in [0.25, 0.3) is 11.8 Å². The highest BCUT2D eigenvalue weighted by Crippen LogP contribution is 2.41. The maximum Gasteiger partial charge on any atom is 0.324 e. The number of aliphatic hydroxyl groups is 1. The molecule has 2 saturated heterocycles. The summed E-state index contributed by atoms with van der Waals surface area (Å²) in [6.07, 6.45) is 2.25. The zero-order valence-corrected chi connectivity index (χ0v) is 39.1. The molecular weight excluding hydrogens is 857 g/mol. The van der Waals surface area contributed by atoms with Gasteiger partial charge in [-0.1, -0.05) is 70.7 Å². The number of β-amino-alcohol motifs (C(OH)–C–C–N with tert-alkyl or cyclic N) is 1. The molecule has 1 unspecified atom stereocenters. The number of carboxylic acid groups (broad SMARTS) is 1. The van der Waals surface area contributed by atoms with Gasteiger partial charge < -0.3 is 39.7 Å². The summed E-state index contributed by atoms with van der Waals surface area (Å²) >= 11 is 0. The second kappa shape index (κ2) is 19.4. The van der Waals surface area contributed by atoms with Crippen molar-refractivity contribution in [1.29, 1.82) is 0 Å². The Morgan fingerprint density at radius 3 is 2.40 bits per heavy atom. The van der Waals surface area contributed by atoms with Crippen LogP contribution in [0.4, 0.5) is 0 Å². The number of phenols is 1. The van der Waals surface area contributed by atoms with Crippen molar-refractivity contribution in [3.8, 4) is 28.1 Å². The van der Waals surface area contributed by atoms with Crippen LogP contribution in [0.2, 0.25) is 0 Å². The number of carbonyl (C=O) groups is 6. The second-order valence-electron chi connectivity index (χ2n) is 19.3. The first kappa shape index (κ1) is 48.4. The number of likely N-dealkylation sites (N-methyl/N-ethyl adjacent to an activating group) is 1. The number of likely N-dealkylation sites (tertiary alicyclic amines) is 1. The topological polar surface area (TPSA) is 211 Å². The number of aryl methyl sites for hydroxylation is 1. The van der Waals surface area contributed by atoms with E-state index >= 15 is 0 Å². The first-order valence-corrected chi connectivity index (χ1v) is 23.0. The standard InChI is InChI=1S/C51H62N6O10/c1-8-42(59)55-20-18-51(66,28-55)49(65)54(7)44(30(3)4)46(62)52-40-23-32-21-35(25-36(58)22-32)34-16-17-41-37(26-34)38(45(56(41)9-2)33-14-12-31(13-15-33)24-43(60)61)27-50(5,6)29-67-48(64)39-11-10-19-57(53-39)47(40)63/h8,12-17,21-22,25-26,30,39-40,44,53,58,66H,1,9-11,18-20,23-24,27-29H2,2-7H3,(H,52,62)(H,60,61)/t39-,40-,44-,51?/m0/s1. The molecule has 3 aliphatic rings. The number of hydrazine groups is 1. The summed E-state index contributed by atoms with van der Waals surface area (Å²) < 4.78 is 8.27. The summed E-state index contributed by atoms with van der Waals surface area (Å²) in [6.45, 7) is 13.9. The normalized spacial score (nSPS) is 21.4. The van der Waals surface area contributed by atoms with Gasteiger partial charge in [-0.25, -0.2) is 5.43 Å². The number of aromatic nitrogens is 1. The Labute approximate surface area is 390 Å². The fraction of sp³-hybridized carbons (Fsp3) is 0.451. The minimum absolute atomic E-state index is 0.0331. The fourth-order valence-corrected chi connectivity index (χ4v) is 9.91. The van der Waals surface area contributed by atoms with Crippen LogP contribution in [0.5, 0.6) is 5.75 Å². The van der Waals surface area contributed by atoms with E-state index in [1.165, 1.54) is 27.9 Å². The van der Waals surface area contributed by atoms with Crippen molar-refractivity contribution in [2.45, 2.75) is 103 Å². The Balaban J connectivity index is 1.29. The molecule has 4 aromatic rings. The van der Waals surface area contributed by atoms with Crippen molar-refractivity contribution in [1.82, 2.24) is 30.1 Å². The van der Waals surface area contributed by atoms with Crippen LogP contribution in [-0.4, -0.2) is 127 Å². The molecule has 3 aliphatic heterocycles. The lowest BCUT2D eigenvalue weighted by atomic mass is 9.84. The molecule has 16 heteroatoms. The third-order valence-corrected chi connectivity index (χ3v) is 13.2. The number of hydrogen-bond acceptors (Lipinski definition) is 10. The number of esters is 1. The van der Waals surface area contributed by atoms with Crippen molar-refractivity contribution >= 4 is 46.5 Å². The van der Waals surface area contributed by atoms with E-state index in [9.17, 15) is 44.1 Å². The molecule has 0 spiro atoms. The van der Waals surface area contributed by atoms with Gasteiger partial charge in [-0.05, 0) is 95.8 Å².